The quantitative estimate of drug-likeness (QED) is 0.224. The van der Waals surface area contributed by atoms with E-state index in [1.54, 1.807) is 18.2 Å². The van der Waals surface area contributed by atoms with Gasteiger partial charge in [0.25, 0.3) is 5.91 Å². The molecule has 5 heteroatoms. The minimum Gasteiger partial charge on any atom is -0.466 e. The van der Waals surface area contributed by atoms with Gasteiger partial charge in [-0.3, -0.25) is 14.4 Å². The zero-order valence-corrected chi connectivity index (χ0v) is 9.80. The van der Waals surface area contributed by atoms with Crippen LogP contribution in [0.4, 0.5) is 0 Å². The van der Waals surface area contributed by atoms with Crippen LogP contribution in [0, 0.1) is 0 Å². The Hall–Kier alpha value is -1.62. The average molecular weight is 227 g/mol. The molecule has 0 saturated heterocycles. The Morgan fingerprint density at radius 3 is 2.56 bits per heavy atom. The third kappa shape index (κ3) is 7.75. The van der Waals surface area contributed by atoms with Crippen LogP contribution in [0.3, 0.4) is 0 Å². The summed E-state index contributed by atoms with van der Waals surface area (Å²) in [6.07, 6.45) is 7.13. The third-order valence-corrected chi connectivity index (χ3v) is 1.66. The topological polar surface area (TPSA) is 55.8 Å². The van der Waals surface area contributed by atoms with Crippen LogP contribution in [0.5, 0.6) is 0 Å². The second kappa shape index (κ2) is 8.67. The summed E-state index contributed by atoms with van der Waals surface area (Å²) in [6.45, 7) is 1.72. The van der Waals surface area contributed by atoms with Crippen molar-refractivity contribution in [3.8, 4) is 0 Å². The van der Waals surface area contributed by atoms with Gasteiger partial charge in [0.05, 0.1) is 13.7 Å². The molecule has 5 nitrogen and oxygen atoms in total. The van der Waals surface area contributed by atoms with Gasteiger partial charge in [-0.1, -0.05) is 18.2 Å². The van der Waals surface area contributed by atoms with E-state index < -0.39 is 0 Å². The van der Waals surface area contributed by atoms with Crippen LogP contribution >= 0.6 is 0 Å². The van der Waals surface area contributed by atoms with E-state index in [-0.39, 0.29) is 11.9 Å². The van der Waals surface area contributed by atoms with Gasteiger partial charge in [0.2, 0.25) is 0 Å². The van der Waals surface area contributed by atoms with Gasteiger partial charge in [0.1, 0.15) is 0 Å². The first-order valence-electron chi connectivity index (χ1n) is 4.86. The SMILES string of the molecule is CON(C)C(=O)C=CC=CCCOC(C)=O. The van der Waals surface area contributed by atoms with Gasteiger partial charge >= 0.3 is 5.97 Å². The maximum atomic E-state index is 11.2. The van der Waals surface area contributed by atoms with Crippen molar-refractivity contribution < 1.29 is 19.2 Å². The molecular formula is C11H17NO4. The molecule has 90 valence electrons. The number of nitrogens with zero attached hydrogens (tertiary/aromatic N) is 1. The molecule has 1 amide bonds. The Morgan fingerprint density at radius 1 is 1.31 bits per heavy atom. The van der Waals surface area contributed by atoms with Gasteiger partial charge in [0.15, 0.2) is 0 Å². The van der Waals surface area contributed by atoms with Crippen molar-refractivity contribution in [2.45, 2.75) is 13.3 Å². The van der Waals surface area contributed by atoms with Crippen LogP contribution in [0.15, 0.2) is 24.3 Å². The highest BCUT2D eigenvalue weighted by Crippen LogP contribution is 1.90. The van der Waals surface area contributed by atoms with Crippen LogP contribution in [0.25, 0.3) is 0 Å². The number of carbonyl (C=O) groups is 2. The molecule has 0 saturated carbocycles. The van der Waals surface area contributed by atoms with E-state index in [4.69, 9.17) is 4.74 Å². The minimum absolute atomic E-state index is 0.243. The van der Waals surface area contributed by atoms with Crippen LogP contribution in [0.2, 0.25) is 0 Å². The molecule has 0 N–H and O–H groups in total. The predicted molar refractivity (Wildman–Crippen MR) is 59.3 cm³/mol. The molecule has 0 rings (SSSR count). The molecule has 0 spiro atoms. The van der Waals surface area contributed by atoms with Gasteiger partial charge in [0, 0.05) is 20.0 Å². The van der Waals surface area contributed by atoms with Gasteiger partial charge in [-0.05, 0) is 6.42 Å². The van der Waals surface area contributed by atoms with Crippen molar-refractivity contribution >= 4 is 11.9 Å². The number of esters is 1. The summed E-state index contributed by atoms with van der Waals surface area (Å²) >= 11 is 0. The van der Waals surface area contributed by atoms with Crippen molar-refractivity contribution in [3.05, 3.63) is 24.3 Å². The smallest absolute Gasteiger partial charge is 0.302 e. The van der Waals surface area contributed by atoms with Crippen LogP contribution in [-0.2, 0) is 19.2 Å². The van der Waals surface area contributed by atoms with Crippen molar-refractivity contribution in [3.63, 3.8) is 0 Å². The molecule has 0 aromatic carbocycles. The molecule has 0 atom stereocenters. The van der Waals surface area contributed by atoms with Crippen LogP contribution in [-0.4, -0.2) is 37.7 Å². The number of likely N-dealkylation sites (N-methyl/N-ethyl adjacent to an activating group) is 1. The molecule has 0 unspecified atom stereocenters. The molecule has 0 radical (unpaired) electrons. The zero-order chi connectivity index (χ0) is 12.4. The van der Waals surface area contributed by atoms with Gasteiger partial charge in [-0.2, -0.15) is 0 Å². The van der Waals surface area contributed by atoms with E-state index >= 15 is 0 Å². The Bertz CT molecular complexity index is 284. The molecule has 0 aromatic rings. The third-order valence-electron chi connectivity index (χ3n) is 1.66. The summed E-state index contributed by atoms with van der Waals surface area (Å²) in [5, 5.41) is 1.11. The number of hydrogen-bond acceptors (Lipinski definition) is 4. The average Bonchev–Trinajstić information content (AvgIpc) is 2.25. The standard InChI is InChI=1S/C11H17NO4/c1-10(13)16-9-7-5-4-6-8-11(14)12(2)15-3/h4-6,8H,7,9H2,1-3H3. The first kappa shape index (κ1) is 14.4. The van der Waals surface area contributed by atoms with Crippen molar-refractivity contribution in [1.29, 1.82) is 0 Å². The molecule has 16 heavy (non-hydrogen) atoms. The lowest BCUT2D eigenvalue weighted by Crippen LogP contribution is -2.22. The molecular weight excluding hydrogens is 210 g/mol. The Kier molecular flexibility index (Phi) is 7.79. The van der Waals surface area contributed by atoms with Crippen molar-refractivity contribution in [1.82, 2.24) is 5.06 Å². The maximum absolute atomic E-state index is 11.2. The minimum atomic E-state index is -0.291. The number of ether oxygens (including phenoxy) is 1. The van der Waals surface area contributed by atoms with Crippen LogP contribution in [0.1, 0.15) is 13.3 Å². The summed E-state index contributed by atoms with van der Waals surface area (Å²) in [6, 6.07) is 0. The fourth-order valence-corrected chi connectivity index (χ4v) is 0.778. The summed E-state index contributed by atoms with van der Waals surface area (Å²) in [5.74, 6) is -0.534. The van der Waals surface area contributed by atoms with Crippen LogP contribution < -0.4 is 0 Å². The number of amides is 1. The molecule has 0 aromatic heterocycles. The highest BCUT2D eigenvalue weighted by atomic mass is 16.7. The number of carbonyl (C=O) groups excluding carboxylic acids is 2. The Morgan fingerprint density at radius 2 is 2.00 bits per heavy atom. The fraction of sp³-hybridized carbons (Fsp3) is 0.455. The second-order valence-corrected chi connectivity index (χ2v) is 2.93. The lowest BCUT2D eigenvalue weighted by molar-refractivity contribution is -0.162. The molecule has 0 fully saturated rings. The monoisotopic (exact) mass is 227 g/mol. The molecule has 0 bridgehead atoms. The van der Waals surface area contributed by atoms with Gasteiger partial charge < -0.3 is 4.74 Å². The summed E-state index contributed by atoms with van der Waals surface area (Å²) in [4.78, 5) is 26.3. The summed E-state index contributed by atoms with van der Waals surface area (Å²) < 4.78 is 4.72. The first-order valence-corrected chi connectivity index (χ1v) is 4.86. The fourth-order valence-electron chi connectivity index (χ4n) is 0.778. The largest absolute Gasteiger partial charge is 0.466 e. The molecule has 0 aliphatic rings. The van der Waals surface area contributed by atoms with Crippen molar-refractivity contribution in [2.75, 3.05) is 20.8 Å². The zero-order valence-electron chi connectivity index (χ0n) is 9.80. The number of rotatable bonds is 6. The molecule has 0 aliphatic carbocycles. The van der Waals surface area contributed by atoms with Gasteiger partial charge in [-0.15, -0.1) is 0 Å². The first-order chi connectivity index (χ1) is 7.57. The van der Waals surface area contributed by atoms with E-state index in [0.717, 1.165) is 5.06 Å². The van der Waals surface area contributed by atoms with E-state index in [2.05, 4.69) is 4.84 Å². The Labute approximate surface area is 95.3 Å². The lowest BCUT2D eigenvalue weighted by atomic mass is 10.3. The summed E-state index contributed by atoms with van der Waals surface area (Å²) in [7, 11) is 2.94. The van der Waals surface area contributed by atoms with Crippen molar-refractivity contribution in [2.24, 2.45) is 0 Å². The van der Waals surface area contributed by atoms with E-state index in [0.29, 0.717) is 13.0 Å². The number of hydroxylamine groups is 2. The summed E-state index contributed by atoms with van der Waals surface area (Å²) in [5.41, 5.74) is 0. The van der Waals surface area contributed by atoms with E-state index in [1.807, 2.05) is 0 Å². The predicted octanol–water partition coefficient (Wildman–Crippen LogP) is 1.07. The van der Waals surface area contributed by atoms with E-state index in [1.165, 1.54) is 27.2 Å². The normalized spacial score (nSPS) is 10.9. The Balaban J connectivity index is 3.70. The highest BCUT2D eigenvalue weighted by molar-refractivity contribution is 5.86. The number of allylic oxidation sites excluding steroid dienone is 2. The molecule has 0 heterocycles. The number of hydrogen-bond donors (Lipinski definition) is 0. The van der Waals surface area contributed by atoms with Gasteiger partial charge in [-0.25, -0.2) is 5.06 Å². The van der Waals surface area contributed by atoms with E-state index in [9.17, 15) is 9.59 Å². The molecule has 0 aliphatic heterocycles. The second-order valence-electron chi connectivity index (χ2n) is 2.93. The highest BCUT2D eigenvalue weighted by Gasteiger charge is 2.00. The maximum Gasteiger partial charge on any atom is 0.302 e. The lowest BCUT2D eigenvalue weighted by Gasteiger charge is -2.09.